The molecule has 21 N–H and O–H groups in total. The lowest BCUT2D eigenvalue weighted by molar-refractivity contribution is -0.149. The van der Waals surface area contributed by atoms with Crippen molar-refractivity contribution in [1.82, 2.24) is 104 Å². The molecule has 42 heteroatoms. The quantitative estimate of drug-likeness (QED) is 0.0403. The van der Waals surface area contributed by atoms with Crippen LogP contribution < -0.4 is 80.6 Å². The molecule has 16 atom stereocenters. The number of rotatable bonds is 17. The average molecular weight is 1750 g/mol. The highest BCUT2D eigenvalue weighted by molar-refractivity contribution is 8.76. The van der Waals surface area contributed by atoms with Gasteiger partial charge >= 0.3 is 0 Å². The number of carbonyl (C=O) groups is 17. The molecule has 5 aromatic rings. The van der Waals surface area contributed by atoms with Crippen LogP contribution in [0.25, 0.3) is 21.8 Å². The predicted octanol–water partition coefficient (Wildman–Crippen LogP) is -3.45. The fraction of sp³-hybridized carbons (Fsp3) is 0.556. The lowest BCUT2D eigenvalue weighted by Gasteiger charge is -2.34. The van der Waals surface area contributed by atoms with Crippen LogP contribution in [0.4, 0.5) is 0 Å². The van der Waals surface area contributed by atoms with Gasteiger partial charge in [-0.2, -0.15) is 0 Å². The van der Waals surface area contributed by atoms with E-state index < -0.39 is 228 Å². The second-order valence-corrected chi connectivity index (χ2v) is 35.5. The Kier molecular flexibility index (Phi) is 34.0. The van der Waals surface area contributed by atoms with E-state index in [-0.39, 0.29) is 89.1 Å². The molecule has 2 bridgehead atoms. The zero-order chi connectivity index (χ0) is 89.8. The van der Waals surface area contributed by atoms with E-state index in [1.807, 2.05) is 0 Å². The van der Waals surface area contributed by atoms with E-state index in [1.165, 1.54) is 45.4 Å². The third-order valence-corrected chi connectivity index (χ3v) is 24.0. The van der Waals surface area contributed by atoms with Crippen LogP contribution in [-0.2, 0) is 101 Å². The lowest BCUT2D eigenvalue weighted by Crippen LogP contribution is -2.63. The summed E-state index contributed by atoms with van der Waals surface area (Å²) in [5, 5.41) is 47.2. The number of carbonyl (C=O) groups excluding carboxylic acids is 17. The van der Waals surface area contributed by atoms with E-state index in [0.29, 0.717) is 38.6 Å². The SMILES string of the molecule is CC(C)C[C@@H]1NC(=O)[C@H](Cc2cnc[nH]2)NC(=O)[C@H](Cc2c[nH]c3ccccc23)NC(=O)[C@H](C)NC(=O)[C@@H]2CSSC[C@H](NC(=O)[C@H](Cc3c[nH]c4ccccc34)NC(=O)[C@H](C(C)C)NC(=O)[C@H](CC(C)C)NC(=O)[C@H](CCC(=O)N(C)C)NC(=O)CNC1=O)C(=O)N[C@@H]([C@@H](C)O)C(=O)N1CCC[C@@H]1C(=O)N1C[C@@H](N)C[C@H]1C(=O)N[C@@H](CC(N)=O)C(=O)N2. The molecule has 4 aliphatic heterocycles. The van der Waals surface area contributed by atoms with E-state index in [2.05, 4.69) is 89.1 Å². The third kappa shape index (κ3) is 26.2. The Hall–Kier alpha value is -11.7. The summed E-state index contributed by atoms with van der Waals surface area (Å²) in [5.41, 5.74) is 14.7. The number of nitrogens with one attached hydrogen (secondary N) is 16. The summed E-state index contributed by atoms with van der Waals surface area (Å²) in [6, 6.07) is -9.10. The average Bonchev–Trinajstić information content (AvgIpc) is 1.65. The first kappa shape index (κ1) is 95.2. The molecule has 668 valence electrons. The van der Waals surface area contributed by atoms with Crippen molar-refractivity contribution in [3.05, 3.63) is 90.3 Å². The highest BCUT2D eigenvalue weighted by Gasteiger charge is 2.48. The number of fused-ring (bicyclic) bond motifs is 9. The zero-order valence-corrected chi connectivity index (χ0v) is 72.0. The van der Waals surface area contributed by atoms with Crippen molar-refractivity contribution in [3.63, 3.8) is 0 Å². The van der Waals surface area contributed by atoms with Crippen molar-refractivity contribution in [3.8, 4) is 0 Å². The molecule has 40 nitrogen and oxygen atoms in total. The predicted molar refractivity (Wildman–Crippen MR) is 453 cm³/mol. The van der Waals surface area contributed by atoms with Gasteiger partial charge in [0, 0.05) is 117 Å². The number of hydrogen-bond donors (Lipinski definition) is 19. The number of amides is 17. The second-order valence-electron chi connectivity index (χ2n) is 32.9. The Morgan fingerprint density at radius 2 is 1.03 bits per heavy atom. The van der Waals surface area contributed by atoms with Crippen LogP contribution in [0.5, 0.6) is 0 Å². The molecule has 2 aromatic carbocycles. The van der Waals surface area contributed by atoms with Crippen molar-refractivity contribution >= 4 is 144 Å². The maximum Gasteiger partial charge on any atom is 0.248 e. The van der Waals surface area contributed by atoms with Crippen molar-refractivity contribution in [2.75, 3.05) is 45.2 Å². The van der Waals surface area contributed by atoms with Crippen molar-refractivity contribution < 1.29 is 86.6 Å². The fourth-order valence-corrected chi connectivity index (χ4v) is 17.3. The Morgan fingerprint density at radius 3 is 1.58 bits per heavy atom. The van der Waals surface area contributed by atoms with Gasteiger partial charge in [0.25, 0.3) is 0 Å². The molecule has 4 saturated heterocycles. The zero-order valence-electron chi connectivity index (χ0n) is 70.4. The molecule has 17 amide bonds. The Labute approximate surface area is 718 Å². The molecule has 7 heterocycles. The molecule has 0 spiro atoms. The van der Waals surface area contributed by atoms with Gasteiger partial charge in [0.2, 0.25) is 100 Å². The third-order valence-electron chi connectivity index (χ3n) is 21.6. The molecular weight excluding hydrogens is 1630 g/mol. The highest BCUT2D eigenvalue weighted by atomic mass is 33.1. The van der Waals surface area contributed by atoms with Gasteiger partial charge in [-0.15, -0.1) is 0 Å². The molecule has 9 rings (SSSR count). The standard InChI is InChI=1S/C81H114N22O18S2/c1-39(2)24-53-69(109)87-34-64(106)90-52(21-22-65(107)101(9)10)70(110)93-54(25-40(3)4)75(115)99-66(41(5)6)79(119)96-56(27-45-32-86-51-19-14-12-17-49(45)51)72(112)98-60-37-123-122-36-59(76(116)89-42(7)68(108)91-55(26-44-31-85-50-18-13-11-16-48(44)50)71(111)94-57(73(113)92-53)29-47-33-84-38-88-47)97-74(114)58(30-63(83)105)95-78(118)62-28-46(82)35-103(62)80(120)61-20-15-23-102(61)81(121)67(43(8)104)100-77(60)117/h11-14,16-19,31-33,38-43,46,52-62,66-67,85-86,104H,15,20-30,34-37,82H2,1-10H3,(H2,83,105)(H,84,88)(H,87,109)(H,89,116)(H,90,106)(H,91,108)(H,92,113)(H,93,110)(H,94,111)(H,95,118)(H,96,119)(H,97,114)(H,98,112)(H,99,115)(H,100,117)/t42-,43+,46-,52-,53-,54-,55-,56-,57-,58-,59-,60-,61+,62-,66-,67-/m0/s1. The number of benzene rings is 2. The number of aromatic nitrogens is 4. The van der Waals surface area contributed by atoms with E-state index in [0.717, 1.165) is 31.4 Å². The number of aliphatic hydroxyl groups is 1. The fourth-order valence-electron chi connectivity index (χ4n) is 15.0. The topological polar surface area (TPSA) is 589 Å². The van der Waals surface area contributed by atoms with E-state index >= 15 is 28.8 Å². The Bertz CT molecular complexity index is 4690. The first-order valence-corrected chi connectivity index (χ1v) is 43.6. The number of primary amides is 1. The maximum atomic E-state index is 15.6. The smallest absolute Gasteiger partial charge is 0.248 e. The summed E-state index contributed by atoms with van der Waals surface area (Å²) in [6.07, 6.45) is 1.83. The van der Waals surface area contributed by atoms with Crippen LogP contribution in [-0.4, -0.2) is 282 Å². The van der Waals surface area contributed by atoms with Gasteiger partial charge in [0.1, 0.15) is 84.6 Å². The van der Waals surface area contributed by atoms with Crippen LogP contribution >= 0.6 is 21.6 Å². The van der Waals surface area contributed by atoms with Crippen LogP contribution in [0, 0.1) is 17.8 Å². The number of aromatic amines is 3. The minimum atomic E-state index is -1.86. The number of H-pyrrole nitrogens is 3. The van der Waals surface area contributed by atoms with Gasteiger partial charge in [-0.1, -0.05) is 99.5 Å². The van der Waals surface area contributed by atoms with Crippen LogP contribution in [0.2, 0.25) is 0 Å². The van der Waals surface area contributed by atoms with Gasteiger partial charge in [-0.25, -0.2) is 4.98 Å². The Morgan fingerprint density at radius 1 is 0.537 bits per heavy atom. The first-order valence-electron chi connectivity index (χ1n) is 41.1. The summed E-state index contributed by atoms with van der Waals surface area (Å²) in [7, 11) is 4.58. The molecule has 3 aromatic heterocycles. The number of para-hydroxylation sites is 2. The van der Waals surface area contributed by atoms with Gasteiger partial charge in [-0.3, -0.25) is 81.5 Å². The highest BCUT2D eigenvalue weighted by Crippen LogP contribution is 2.29. The Balaban J connectivity index is 1.14. The number of nitrogens with zero attached hydrogens (tertiary/aromatic N) is 4. The molecule has 0 aliphatic carbocycles. The molecule has 0 saturated carbocycles. The molecule has 123 heavy (non-hydrogen) atoms. The largest absolute Gasteiger partial charge is 0.391 e. The summed E-state index contributed by atoms with van der Waals surface area (Å²) in [6.45, 7) is 11.5. The van der Waals surface area contributed by atoms with Crippen molar-refractivity contribution in [2.45, 2.75) is 223 Å². The van der Waals surface area contributed by atoms with Crippen LogP contribution in [0.3, 0.4) is 0 Å². The number of imidazole rings is 1. The monoisotopic (exact) mass is 1750 g/mol. The summed E-state index contributed by atoms with van der Waals surface area (Å²) in [5.74, 6) is -18.6. The van der Waals surface area contributed by atoms with E-state index in [1.54, 1.807) is 102 Å². The van der Waals surface area contributed by atoms with E-state index in [9.17, 15) is 57.8 Å². The number of aliphatic hydroxyl groups excluding tert-OH is 1. The molecule has 0 radical (unpaired) electrons. The van der Waals surface area contributed by atoms with E-state index in [4.69, 9.17) is 11.5 Å². The van der Waals surface area contributed by atoms with Gasteiger partial charge < -0.3 is 115 Å². The lowest BCUT2D eigenvalue weighted by atomic mass is 9.98. The number of hydrogen-bond acceptors (Lipinski definition) is 22. The molecule has 4 aliphatic rings. The van der Waals surface area contributed by atoms with Gasteiger partial charge in [0.15, 0.2) is 0 Å². The minimum absolute atomic E-state index is 0.0356. The normalized spacial score (nSPS) is 26.8. The summed E-state index contributed by atoms with van der Waals surface area (Å²) in [4.78, 5) is 267. The van der Waals surface area contributed by atoms with Crippen LogP contribution in [0.1, 0.15) is 124 Å². The second kappa shape index (κ2) is 43.9. The van der Waals surface area contributed by atoms with Crippen LogP contribution in [0.15, 0.2) is 73.4 Å². The van der Waals surface area contributed by atoms with Gasteiger partial charge in [0.05, 0.1) is 25.4 Å². The van der Waals surface area contributed by atoms with Crippen molar-refractivity contribution in [1.29, 1.82) is 0 Å². The maximum absolute atomic E-state index is 15.6. The minimum Gasteiger partial charge on any atom is -0.391 e. The summed E-state index contributed by atoms with van der Waals surface area (Å²) >= 11 is 0. The molecule has 0 unspecified atom stereocenters. The number of nitrogens with two attached hydrogens (primary N) is 2. The van der Waals surface area contributed by atoms with Crippen molar-refractivity contribution in [2.24, 2.45) is 29.2 Å². The van der Waals surface area contributed by atoms with Gasteiger partial charge in [-0.05, 0) is 93.4 Å². The molecular formula is C81H114N22O18S2. The first-order chi connectivity index (χ1) is 58.3. The molecule has 4 fully saturated rings. The summed E-state index contributed by atoms with van der Waals surface area (Å²) < 4.78 is 0.